The van der Waals surface area contributed by atoms with Crippen LogP contribution in [0.5, 0.6) is 0 Å². The van der Waals surface area contributed by atoms with E-state index in [1.165, 1.54) is 25.8 Å². The van der Waals surface area contributed by atoms with Gasteiger partial charge in [-0.15, -0.1) is 5.10 Å². The molecule has 1 heterocycles. The Morgan fingerprint density at radius 2 is 2.05 bits per heavy atom. The molecule has 5 heteroatoms. The molecule has 0 aliphatic rings. The minimum absolute atomic E-state index is 0.594. The molecule has 1 N–H and O–H groups in total. The molecule has 0 saturated heterocycles. The van der Waals surface area contributed by atoms with Crippen molar-refractivity contribution in [3.63, 3.8) is 0 Å². The van der Waals surface area contributed by atoms with E-state index in [4.69, 9.17) is 0 Å². The number of unbranched alkanes of at least 4 members (excludes halogenated alkanes) is 2. The van der Waals surface area contributed by atoms with Gasteiger partial charge in [0.25, 0.3) is 0 Å². The minimum Gasteiger partial charge on any atom is -0.311 e. The molecule has 1 aromatic rings. The first-order valence-electron chi connectivity index (χ1n) is 8.01. The summed E-state index contributed by atoms with van der Waals surface area (Å²) in [6.07, 6.45) is 5.94. The Morgan fingerprint density at radius 1 is 1.25 bits per heavy atom. The lowest BCUT2D eigenvalue weighted by atomic mass is 10.2. The second-order valence-electron chi connectivity index (χ2n) is 5.59. The van der Waals surface area contributed by atoms with Crippen LogP contribution in [0.15, 0.2) is 6.20 Å². The largest absolute Gasteiger partial charge is 0.311 e. The topological polar surface area (TPSA) is 46.0 Å². The molecule has 1 rings (SSSR count). The highest BCUT2D eigenvalue weighted by molar-refractivity contribution is 4.91. The molecule has 0 amide bonds. The molecule has 0 bridgehead atoms. The first kappa shape index (κ1) is 17.1. The minimum atomic E-state index is 0.594. The maximum Gasteiger partial charge on any atom is 0.0964 e. The number of nitrogens with one attached hydrogen (secondary N) is 1. The average molecular weight is 281 g/mol. The lowest BCUT2D eigenvalue weighted by Gasteiger charge is -2.26. The normalized spacial score (nSPS) is 11.7. The molecule has 20 heavy (non-hydrogen) atoms. The third-order valence-electron chi connectivity index (χ3n) is 3.54. The predicted molar refractivity (Wildman–Crippen MR) is 83.6 cm³/mol. The zero-order valence-electron chi connectivity index (χ0n) is 13.6. The summed E-state index contributed by atoms with van der Waals surface area (Å²) in [5.41, 5.74) is 1.02. The van der Waals surface area contributed by atoms with Crippen LogP contribution in [0.4, 0.5) is 0 Å². The first-order chi connectivity index (χ1) is 9.67. The van der Waals surface area contributed by atoms with Crippen molar-refractivity contribution in [1.82, 2.24) is 25.2 Å². The standard InChI is InChI=1S/C15H31N5/c1-5-7-8-9-19(14(3)4)10-11-20-13-15(17-18-20)12-16-6-2/h13-14,16H,5-12H2,1-4H3. The van der Waals surface area contributed by atoms with Crippen LogP contribution in [0, 0.1) is 0 Å². The van der Waals surface area contributed by atoms with Crippen molar-refractivity contribution < 1.29 is 0 Å². The Hall–Kier alpha value is -0.940. The van der Waals surface area contributed by atoms with Gasteiger partial charge in [0.2, 0.25) is 0 Å². The number of hydrogen-bond acceptors (Lipinski definition) is 4. The second kappa shape index (κ2) is 9.88. The van der Waals surface area contributed by atoms with E-state index in [0.717, 1.165) is 31.9 Å². The molecule has 0 aliphatic heterocycles. The van der Waals surface area contributed by atoms with Crippen molar-refractivity contribution in [1.29, 1.82) is 0 Å². The second-order valence-corrected chi connectivity index (χ2v) is 5.59. The molecule has 0 radical (unpaired) electrons. The molecule has 0 unspecified atom stereocenters. The summed E-state index contributed by atoms with van der Waals surface area (Å²) >= 11 is 0. The predicted octanol–water partition coefficient (Wildman–Crippen LogP) is 2.29. The van der Waals surface area contributed by atoms with E-state index in [0.29, 0.717) is 6.04 Å². The van der Waals surface area contributed by atoms with Gasteiger partial charge in [0, 0.05) is 25.3 Å². The molecule has 5 nitrogen and oxygen atoms in total. The van der Waals surface area contributed by atoms with E-state index in [1.807, 2.05) is 10.9 Å². The van der Waals surface area contributed by atoms with Crippen LogP contribution in [0.25, 0.3) is 0 Å². The van der Waals surface area contributed by atoms with Gasteiger partial charge in [-0.2, -0.15) is 0 Å². The number of hydrogen-bond donors (Lipinski definition) is 1. The highest BCUT2D eigenvalue weighted by Gasteiger charge is 2.09. The van der Waals surface area contributed by atoms with Crippen molar-refractivity contribution in [2.24, 2.45) is 0 Å². The SMILES string of the molecule is CCCCCN(CCn1cc(CNCC)nn1)C(C)C. The first-order valence-corrected chi connectivity index (χ1v) is 8.01. The summed E-state index contributed by atoms with van der Waals surface area (Å²) in [4.78, 5) is 2.53. The molecular weight excluding hydrogens is 250 g/mol. The Balaban J connectivity index is 2.36. The van der Waals surface area contributed by atoms with Gasteiger partial charge in [-0.1, -0.05) is 31.9 Å². The molecule has 0 aliphatic carbocycles. The molecule has 0 spiro atoms. The van der Waals surface area contributed by atoms with E-state index in [2.05, 4.69) is 48.2 Å². The Labute approximate surface area is 123 Å². The van der Waals surface area contributed by atoms with Crippen LogP contribution in [-0.4, -0.2) is 45.6 Å². The van der Waals surface area contributed by atoms with Crippen LogP contribution < -0.4 is 5.32 Å². The number of aromatic nitrogens is 3. The van der Waals surface area contributed by atoms with Crippen molar-refractivity contribution in [2.45, 2.75) is 66.1 Å². The van der Waals surface area contributed by atoms with E-state index in [9.17, 15) is 0 Å². The highest BCUT2D eigenvalue weighted by atomic mass is 15.4. The van der Waals surface area contributed by atoms with E-state index in [-0.39, 0.29) is 0 Å². The van der Waals surface area contributed by atoms with Crippen molar-refractivity contribution in [2.75, 3.05) is 19.6 Å². The van der Waals surface area contributed by atoms with E-state index < -0.39 is 0 Å². The smallest absolute Gasteiger partial charge is 0.0964 e. The maximum absolute atomic E-state index is 4.20. The Kier molecular flexibility index (Phi) is 8.46. The van der Waals surface area contributed by atoms with Gasteiger partial charge < -0.3 is 5.32 Å². The molecule has 0 fully saturated rings. The summed E-state index contributed by atoms with van der Waals surface area (Å²) in [5.74, 6) is 0. The van der Waals surface area contributed by atoms with Gasteiger partial charge in [0.1, 0.15) is 0 Å². The van der Waals surface area contributed by atoms with Gasteiger partial charge in [0.15, 0.2) is 0 Å². The van der Waals surface area contributed by atoms with Crippen molar-refractivity contribution in [3.8, 4) is 0 Å². The van der Waals surface area contributed by atoms with Crippen LogP contribution >= 0.6 is 0 Å². The fourth-order valence-corrected chi connectivity index (χ4v) is 2.21. The lowest BCUT2D eigenvalue weighted by Crippen LogP contribution is -2.34. The molecule has 0 aromatic carbocycles. The number of rotatable bonds is 11. The zero-order valence-corrected chi connectivity index (χ0v) is 13.6. The monoisotopic (exact) mass is 281 g/mol. The molecular formula is C15H31N5. The fraction of sp³-hybridized carbons (Fsp3) is 0.867. The Bertz CT molecular complexity index is 348. The van der Waals surface area contributed by atoms with Gasteiger partial charge in [-0.3, -0.25) is 9.58 Å². The van der Waals surface area contributed by atoms with Crippen LogP contribution in [-0.2, 0) is 13.1 Å². The Morgan fingerprint density at radius 3 is 2.70 bits per heavy atom. The summed E-state index contributed by atoms with van der Waals surface area (Å²) < 4.78 is 1.96. The average Bonchev–Trinajstić information content (AvgIpc) is 2.88. The van der Waals surface area contributed by atoms with Gasteiger partial charge in [0.05, 0.1) is 12.2 Å². The van der Waals surface area contributed by atoms with E-state index in [1.54, 1.807) is 0 Å². The summed E-state index contributed by atoms with van der Waals surface area (Å²) in [6.45, 7) is 13.8. The lowest BCUT2D eigenvalue weighted by molar-refractivity contribution is 0.205. The van der Waals surface area contributed by atoms with Crippen molar-refractivity contribution in [3.05, 3.63) is 11.9 Å². The quantitative estimate of drug-likeness (QED) is 0.632. The molecule has 1 aromatic heterocycles. The van der Waals surface area contributed by atoms with Crippen molar-refractivity contribution >= 4 is 0 Å². The summed E-state index contributed by atoms with van der Waals surface area (Å²) in [7, 11) is 0. The fourth-order valence-electron chi connectivity index (χ4n) is 2.21. The summed E-state index contributed by atoms with van der Waals surface area (Å²) in [6, 6.07) is 0.594. The number of nitrogens with zero attached hydrogens (tertiary/aromatic N) is 4. The van der Waals surface area contributed by atoms with Gasteiger partial charge in [-0.25, -0.2) is 0 Å². The van der Waals surface area contributed by atoms with Crippen LogP contribution in [0.2, 0.25) is 0 Å². The molecule has 0 saturated carbocycles. The van der Waals surface area contributed by atoms with Crippen LogP contribution in [0.3, 0.4) is 0 Å². The molecule has 116 valence electrons. The van der Waals surface area contributed by atoms with Crippen LogP contribution in [0.1, 0.15) is 52.7 Å². The zero-order chi connectivity index (χ0) is 14.8. The summed E-state index contributed by atoms with van der Waals surface area (Å²) in [5, 5.41) is 11.6. The van der Waals surface area contributed by atoms with Gasteiger partial charge >= 0.3 is 0 Å². The highest BCUT2D eigenvalue weighted by Crippen LogP contribution is 2.04. The van der Waals surface area contributed by atoms with Gasteiger partial charge in [-0.05, 0) is 33.4 Å². The maximum atomic E-state index is 4.20. The van der Waals surface area contributed by atoms with E-state index >= 15 is 0 Å². The third-order valence-corrected chi connectivity index (χ3v) is 3.54. The molecule has 0 atom stereocenters. The third kappa shape index (κ3) is 6.48.